The van der Waals surface area contributed by atoms with Crippen LogP contribution in [0.25, 0.3) is 17.4 Å². The quantitative estimate of drug-likeness (QED) is 0.695. The summed E-state index contributed by atoms with van der Waals surface area (Å²) in [7, 11) is 0. The molecule has 1 heterocycles. The second-order valence-electron chi connectivity index (χ2n) is 4.38. The standard InChI is InChI=1S/C16H16N2O2S/c1-4-11-9-13(12-8-6-5-7-10(12)2)20-15(19)14(11)18-16(17)21-3/h4-9H,1H2,2-3H3,(H2,17,18). The lowest BCUT2D eigenvalue weighted by molar-refractivity contribution is 0.527. The van der Waals surface area contributed by atoms with Gasteiger partial charge in [0.25, 0.3) is 0 Å². The zero-order valence-corrected chi connectivity index (χ0v) is 12.7. The number of aryl methyl sites for hydroxylation is 1. The number of nitrogens with zero attached hydrogens (tertiary/aromatic N) is 1. The minimum absolute atomic E-state index is 0.175. The van der Waals surface area contributed by atoms with Crippen LogP contribution in [0.15, 0.2) is 51.1 Å². The van der Waals surface area contributed by atoms with E-state index in [1.165, 1.54) is 11.8 Å². The molecule has 0 aliphatic carbocycles. The van der Waals surface area contributed by atoms with Crippen LogP contribution >= 0.6 is 11.8 Å². The molecule has 0 aliphatic heterocycles. The zero-order chi connectivity index (χ0) is 15.4. The van der Waals surface area contributed by atoms with E-state index in [1.807, 2.05) is 31.2 Å². The molecule has 1 aromatic carbocycles. The third kappa shape index (κ3) is 3.25. The van der Waals surface area contributed by atoms with Crippen molar-refractivity contribution in [2.75, 3.05) is 6.26 Å². The first-order valence-electron chi connectivity index (χ1n) is 6.31. The van der Waals surface area contributed by atoms with Crippen LogP contribution < -0.4 is 11.4 Å². The van der Waals surface area contributed by atoms with E-state index >= 15 is 0 Å². The molecule has 108 valence electrons. The number of rotatable bonds is 3. The molecule has 5 heteroatoms. The Balaban J connectivity index is 2.65. The Morgan fingerprint density at radius 3 is 2.76 bits per heavy atom. The van der Waals surface area contributed by atoms with Gasteiger partial charge in [-0.15, -0.1) is 0 Å². The van der Waals surface area contributed by atoms with Crippen LogP contribution in [0.1, 0.15) is 11.1 Å². The molecule has 21 heavy (non-hydrogen) atoms. The number of hydrogen-bond donors (Lipinski definition) is 1. The van der Waals surface area contributed by atoms with Gasteiger partial charge in [0.2, 0.25) is 0 Å². The Hall–Kier alpha value is -2.27. The summed E-state index contributed by atoms with van der Waals surface area (Å²) in [5.74, 6) is 0.495. The number of thioether (sulfide) groups is 1. The first kappa shape index (κ1) is 15.1. The Morgan fingerprint density at radius 2 is 2.14 bits per heavy atom. The summed E-state index contributed by atoms with van der Waals surface area (Å²) in [5.41, 5.74) is 7.81. The third-order valence-electron chi connectivity index (χ3n) is 3.02. The summed E-state index contributed by atoms with van der Waals surface area (Å²) in [6.07, 6.45) is 3.36. The van der Waals surface area contributed by atoms with Crippen molar-refractivity contribution in [3.05, 3.63) is 58.5 Å². The van der Waals surface area contributed by atoms with Gasteiger partial charge in [0.15, 0.2) is 10.9 Å². The van der Waals surface area contributed by atoms with Crippen LogP contribution in [0, 0.1) is 6.92 Å². The largest absolute Gasteiger partial charge is 0.421 e. The fourth-order valence-electron chi connectivity index (χ4n) is 1.91. The highest BCUT2D eigenvalue weighted by Crippen LogP contribution is 2.27. The summed E-state index contributed by atoms with van der Waals surface area (Å²) in [5, 5.41) is 0.300. The first-order chi connectivity index (χ1) is 10.1. The molecule has 0 bridgehead atoms. The molecular weight excluding hydrogens is 284 g/mol. The van der Waals surface area contributed by atoms with Crippen LogP contribution in [-0.4, -0.2) is 11.4 Å². The molecule has 0 radical (unpaired) electrons. The van der Waals surface area contributed by atoms with Crippen molar-refractivity contribution in [1.29, 1.82) is 0 Å². The number of benzene rings is 1. The smallest absolute Gasteiger partial charge is 0.363 e. The van der Waals surface area contributed by atoms with E-state index in [0.717, 1.165) is 11.1 Å². The summed E-state index contributed by atoms with van der Waals surface area (Å²) in [4.78, 5) is 16.3. The molecule has 0 aliphatic rings. The van der Waals surface area contributed by atoms with E-state index in [0.29, 0.717) is 16.5 Å². The van der Waals surface area contributed by atoms with Gasteiger partial charge in [0.1, 0.15) is 5.76 Å². The van der Waals surface area contributed by atoms with Crippen molar-refractivity contribution < 1.29 is 4.42 Å². The summed E-state index contributed by atoms with van der Waals surface area (Å²) >= 11 is 1.26. The van der Waals surface area contributed by atoms with Crippen LogP contribution in [0.4, 0.5) is 5.69 Å². The molecule has 0 atom stereocenters. The van der Waals surface area contributed by atoms with Crippen molar-refractivity contribution in [2.24, 2.45) is 10.7 Å². The second-order valence-corrected chi connectivity index (χ2v) is 5.20. The summed E-state index contributed by atoms with van der Waals surface area (Å²) in [6, 6.07) is 9.44. The molecule has 0 amide bonds. The van der Waals surface area contributed by atoms with Gasteiger partial charge >= 0.3 is 5.63 Å². The van der Waals surface area contributed by atoms with Crippen LogP contribution in [0.5, 0.6) is 0 Å². The van der Waals surface area contributed by atoms with E-state index in [-0.39, 0.29) is 5.69 Å². The predicted molar refractivity (Wildman–Crippen MR) is 90.0 cm³/mol. The molecule has 2 N–H and O–H groups in total. The average molecular weight is 300 g/mol. The third-order valence-corrected chi connectivity index (χ3v) is 3.53. The van der Waals surface area contributed by atoms with E-state index in [9.17, 15) is 4.79 Å². The maximum absolute atomic E-state index is 12.2. The molecule has 0 unspecified atom stereocenters. The van der Waals surface area contributed by atoms with Crippen LogP contribution in [-0.2, 0) is 0 Å². The minimum atomic E-state index is -0.525. The number of aliphatic imine (C=N–C) groups is 1. The Morgan fingerprint density at radius 1 is 1.43 bits per heavy atom. The highest BCUT2D eigenvalue weighted by molar-refractivity contribution is 8.13. The van der Waals surface area contributed by atoms with Gasteiger partial charge in [-0.1, -0.05) is 48.7 Å². The van der Waals surface area contributed by atoms with Crippen LogP contribution in [0.3, 0.4) is 0 Å². The monoisotopic (exact) mass is 300 g/mol. The van der Waals surface area contributed by atoms with E-state index < -0.39 is 5.63 Å². The SMILES string of the molecule is C=Cc1cc(-c2ccccc2C)oc(=O)c1N=C(N)SC. The Kier molecular flexibility index (Phi) is 4.65. The van der Waals surface area contributed by atoms with Crippen LogP contribution in [0.2, 0.25) is 0 Å². The Labute approximate surface area is 127 Å². The Bertz CT molecular complexity index is 763. The molecule has 2 rings (SSSR count). The van der Waals surface area contributed by atoms with Crippen molar-refractivity contribution in [3.8, 4) is 11.3 Å². The minimum Gasteiger partial charge on any atom is -0.421 e. The van der Waals surface area contributed by atoms with E-state index in [2.05, 4.69) is 11.6 Å². The van der Waals surface area contributed by atoms with Crippen molar-refractivity contribution >= 4 is 28.7 Å². The number of nitrogens with two attached hydrogens (primary N) is 1. The highest BCUT2D eigenvalue weighted by atomic mass is 32.2. The number of hydrogen-bond acceptors (Lipinski definition) is 4. The summed E-state index contributed by atoms with van der Waals surface area (Å²) < 4.78 is 5.39. The van der Waals surface area contributed by atoms with Crippen molar-refractivity contribution in [3.63, 3.8) is 0 Å². The lowest BCUT2D eigenvalue weighted by Gasteiger charge is -2.07. The normalized spacial score (nSPS) is 11.4. The molecule has 0 spiro atoms. The molecule has 2 aromatic rings. The summed E-state index contributed by atoms with van der Waals surface area (Å²) in [6.45, 7) is 5.68. The first-order valence-corrected chi connectivity index (χ1v) is 7.54. The van der Waals surface area contributed by atoms with Gasteiger partial charge < -0.3 is 10.2 Å². The predicted octanol–water partition coefficient (Wildman–Crippen LogP) is 3.57. The average Bonchev–Trinajstić information content (AvgIpc) is 2.49. The van der Waals surface area contributed by atoms with Crippen molar-refractivity contribution in [2.45, 2.75) is 6.92 Å². The molecule has 0 saturated heterocycles. The highest BCUT2D eigenvalue weighted by Gasteiger charge is 2.12. The molecule has 4 nitrogen and oxygen atoms in total. The van der Waals surface area contributed by atoms with E-state index in [4.69, 9.17) is 10.2 Å². The zero-order valence-electron chi connectivity index (χ0n) is 11.9. The van der Waals surface area contributed by atoms with Gasteiger partial charge in [-0.05, 0) is 24.8 Å². The maximum atomic E-state index is 12.2. The number of amidine groups is 1. The second kappa shape index (κ2) is 6.45. The lowest BCUT2D eigenvalue weighted by Crippen LogP contribution is -2.08. The van der Waals surface area contributed by atoms with Gasteiger partial charge in [-0.25, -0.2) is 9.79 Å². The van der Waals surface area contributed by atoms with Gasteiger partial charge in [-0.2, -0.15) is 0 Å². The molecule has 0 fully saturated rings. The van der Waals surface area contributed by atoms with Crippen molar-refractivity contribution in [1.82, 2.24) is 0 Å². The molecule has 1 aromatic heterocycles. The van der Waals surface area contributed by atoms with E-state index in [1.54, 1.807) is 18.4 Å². The fraction of sp³-hybridized carbons (Fsp3) is 0.125. The maximum Gasteiger partial charge on any atom is 0.363 e. The van der Waals surface area contributed by atoms with Gasteiger partial charge in [-0.3, -0.25) is 0 Å². The topological polar surface area (TPSA) is 68.6 Å². The van der Waals surface area contributed by atoms with Gasteiger partial charge in [0, 0.05) is 11.1 Å². The van der Waals surface area contributed by atoms with Gasteiger partial charge in [0.05, 0.1) is 0 Å². The fourth-order valence-corrected chi connectivity index (χ4v) is 2.09. The molecule has 0 saturated carbocycles. The lowest BCUT2D eigenvalue weighted by atomic mass is 10.0. The molecular formula is C16H16N2O2S.